The van der Waals surface area contributed by atoms with E-state index in [-0.39, 0.29) is 17.1 Å². The first kappa shape index (κ1) is 28.7. The minimum Gasteiger partial charge on any atom is -0.357 e. The summed E-state index contributed by atoms with van der Waals surface area (Å²) in [6.45, 7) is 0.774. The summed E-state index contributed by atoms with van der Waals surface area (Å²) in [5, 5.41) is 2.47. The third-order valence-corrected chi connectivity index (χ3v) is 7.76. The molecule has 1 atom stereocenters. The van der Waals surface area contributed by atoms with Crippen LogP contribution in [0.2, 0.25) is 0 Å². The van der Waals surface area contributed by atoms with E-state index < -0.39 is 46.2 Å². The van der Waals surface area contributed by atoms with E-state index in [1.165, 1.54) is 49.2 Å². The van der Waals surface area contributed by atoms with Crippen LogP contribution in [0.4, 0.5) is 18.9 Å². The Morgan fingerprint density at radius 3 is 2.11 bits per heavy atom. The standard InChI is InChI=1S/C27H28F3N3O4S/c1-20(26(35)31-2)32(17-16-21-10-5-3-6-11-21)25(34)19-33(38(36,37)24-14-7-4-8-15-24)23-13-9-12-22(18-23)27(28,29)30/h3-15,18,20H,16-17,19H2,1-2H3,(H,31,35). The Labute approximate surface area is 219 Å². The number of anilines is 1. The van der Waals surface area contributed by atoms with Crippen molar-refractivity contribution in [2.24, 2.45) is 0 Å². The van der Waals surface area contributed by atoms with E-state index in [1.54, 1.807) is 6.07 Å². The van der Waals surface area contributed by atoms with Crippen LogP contribution in [0.15, 0.2) is 89.8 Å². The number of likely N-dealkylation sites (N-methyl/N-ethyl adjacent to an activating group) is 1. The fraction of sp³-hybridized carbons (Fsp3) is 0.259. The predicted octanol–water partition coefficient (Wildman–Crippen LogP) is 4.11. The Balaban J connectivity index is 2.02. The highest BCUT2D eigenvalue weighted by Gasteiger charge is 2.35. The van der Waals surface area contributed by atoms with Crippen LogP contribution in [0.1, 0.15) is 18.1 Å². The second-order valence-corrected chi connectivity index (χ2v) is 10.3. The van der Waals surface area contributed by atoms with E-state index in [0.717, 1.165) is 17.7 Å². The van der Waals surface area contributed by atoms with Crippen molar-refractivity contribution in [3.05, 3.63) is 96.1 Å². The summed E-state index contributed by atoms with van der Waals surface area (Å²) in [6, 6.07) is 19.1. The molecule has 1 N–H and O–H groups in total. The number of nitrogens with zero attached hydrogens (tertiary/aromatic N) is 2. The molecule has 0 fully saturated rings. The van der Waals surface area contributed by atoms with Crippen LogP contribution in [0.5, 0.6) is 0 Å². The number of halogens is 3. The lowest BCUT2D eigenvalue weighted by Crippen LogP contribution is -2.51. The number of amides is 2. The van der Waals surface area contributed by atoms with Crippen molar-refractivity contribution in [1.82, 2.24) is 10.2 Å². The molecule has 0 spiro atoms. The number of hydrogen-bond donors (Lipinski definition) is 1. The molecule has 0 aliphatic carbocycles. The zero-order chi connectivity index (χ0) is 27.9. The Hall–Kier alpha value is -3.86. The number of benzene rings is 3. The van der Waals surface area contributed by atoms with Crippen molar-refractivity contribution in [3.8, 4) is 0 Å². The van der Waals surface area contributed by atoms with Gasteiger partial charge in [0.2, 0.25) is 11.8 Å². The first-order valence-electron chi connectivity index (χ1n) is 11.7. The molecule has 3 aromatic rings. The lowest BCUT2D eigenvalue weighted by molar-refractivity contribution is -0.138. The summed E-state index contributed by atoms with van der Waals surface area (Å²) in [6.07, 6.45) is -4.35. The normalized spacial score (nSPS) is 12.4. The van der Waals surface area contributed by atoms with Crippen molar-refractivity contribution < 1.29 is 31.2 Å². The SMILES string of the molecule is CNC(=O)C(C)N(CCc1ccccc1)C(=O)CN(c1cccc(C(F)(F)F)c1)S(=O)(=O)c1ccccc1. The van der Waals surface area contributed by atoms with Gasteiger partial charge in [0.1, 0.15) is 12.6 Å². The number of alkyl halides is 3. The van der Waals surface area contributed by atoms with E-state index in [1.807, 2.05) is 30.3 Å². The molecule has 0 heterocycles. The number of nitrogens with one attached hydrogen (secondary N) is 1. The van der Waals surface area contributed by atoms with Gasteiger partial charge in [0.25, 0.3) is 10.0 Å². The summed E-state index contributed by atoms with van der Waals surface area (Å²) in [4.78, 5) is 27.1. The Morgan fingerprint density at radius 1 is 0.921 bits per heavy atom. The first-order valence-corrected chi connectivity index (χ1v) is 13.2. The van der Waals surface area contributed by atoms with Crippen LogP contribution in [0.3, 0.4) is 0 Å². The van der Waals surface area contributed by atoms with Crippen LogP contribution in [0, 0.1) is 0 Å². The quantitative estimate of drug-likeness (QED) is 0.414. The van der Waals surface area contributed by atoms with Gasteiger partial charge in [0.05, 0.1) is 16.1 Å². The second-order valence-electron chi connectivity index (χ2n) is 8.49. The topological polar surface area (TPSA) is 86.8 Å². The summed E-state index contributed by atoms with van der Waals surface area (Å²) < 4.78 is 68.2. The average molecular weight is 548 g/mol. The van der Waals surface area contributed by atoms with E-state index in [0.29, 0.717) is 16.8 Å². The van der Waals surface area contributed by atoms with E-state index >= 15 is 0 Å². The van der Waals surface area contributed by atoms with Crippen LogP contribution in [-0.2, 0) is 32.2 Å². The van der Waals surface area contributed by atoms with Gasteiger partial charge in [0.15, 0.2) is 0 Å². The Kier molecular flexibility index (Phi) is 9.16. The van der Waals surface area contributed by atoms with Crippen LogP contribution in [-0.4, -0.2) is 51.3 Å². The number of sulfonamides is 1. The van der Waals surface area contributed by atoms with Crippen molar-refractivity contribution in [2.75, 3.05) is 24.4 Å². The summed E-state index contributed by atoms with van der Waals surface area (Å²) in [5.74, 6) is -1.21. The average Bonchev–Trinajstić information content (AvgIpc) is 2.91. The zero-order valence-electron chi connectivity index (χ0n) is 20.9. The van der Waals surface area contributed by atoms with Crippen LogP contribution in [0.25, 0.3) is 0 Å². The Bertz CT molecular complexity index is 1350. The fourth-order valence-electron chi connectivity index (χ4n) is 3.86. The van der Waals surface area contributed by atoms with Gasteiger partial charge in [-0.25, -0.2) is 8.42 Å². The molecule has 0 radical (unpaired) electrons. The number of carbonyl (C=O) groups excluding carboxylic acids is 2. The third kappa shape index (κ3) is 6.91. The molecule has 0 saturated heterocycles. The van der Waals surface area contributed by atoms with Crippen molar-refractivity contribution in [1.29, 1.82) is 0 Å². The highest BCUT2D eigenvalue weighted by molar-refractivity contribution is 7.92. The van der Waals surface area contributed by atoms with Gasteiger partial charge >= 0.3 is 6.18 Å². The molecule has 3 rings (SSSR count). The minimum absolute atomic E-state index is 0.0826. The maximum absolute atomic E-state index is 13.6. The van der Waals surface area contributed by atoms with Gasteiger partial charge in [-0.3, -0.25) is 13.9 Å². The molecule has 38 heavy (non-hydrogen) atoms. The predicted molar refractivity (Wildman–Crippen MR) is 138 cm³/mol. The van der Waals surface area contributed by atoms with Gasteiger partial charge in [-0.1, -0.05) is 54.6 Å². The Morgan fingerprint density at radius 2 is 1.53 bits per heavy atom. The minimum atomic E-state index is -4.72. The molecule has 0 aliphatic heterocycles. The van der Waals surface area contributed by atoms with Crippen LogP contribution >= 0.6 is 0 Å². The summed E-state index contributed by atoms with van der Waals surface area (Å²) >= 11 is 0. The number of hydrogen-bond acceptors (Lipinski definition) is 4. The van der Waals surface area contributed by atoms with Gasteiger partial charge in [-0.15, -0.1) is 0 Å². The smallest absolute Gasteiger partial charge is 0.357 e. The molecular weight excluding hydrogens is 519 g/mol. The first-order chi connectivity index (χ1) is 17.9. The third-order valence-electron chi connectivity index (χ3n) is 5.97. The highest BCUT2D eigenvalue weighted by Crippen LogP contribution is 2.33. The largest absolute Gasteiger partial charge is 0.416 e. The molecule has 0 bridgehead atoms. The summed E-state index contributed by atoms with van der Waals surface area (Å²) in [7, 11) is -3.04. The molecule has 0 aliphatic rings. The van der Waals surface area contributed by atoms with Crippen molar-refractivity contribution >= 4 is 27.5 Å². The van der Waals surface area contributed by atoms with Crippen molar-refractivity contribution in [3.63, 3.8) is 0 Å². The maximum Gasteiger partial charge on any atom is 0.416 e. The molecule has 1 unspecified atom stereocenters. The van der Waals surface area contributed by atoms with E-state index in [2.05, 4.69) is 5.32 Å². The van der Waals surface area contributed by atoms with Gasteiger partial charge < -0.3 is 10.2 Å². The maximum atomic E-state index is 13.6. The zero-order valence-corrected chi connectivity index (χ0v) is 21.7. The molecule has 2 amide bonds. The second kappa shape index (κ2) is 12.1. The van der Waals surface area contributed by atoms with Gasteiger partial charge in [0, 0.05) is 13.6 Å². The molecule has 202 valence electrons. The molecule has 11 heteroatoms. The van der Waals surface area contributed by atoms with E-state index in [4.69, 9.17) is 0 Å². The fourth-order valence-corrected chi connectivity index (χ4v) is 5.29. The summed E-state index contributed by atoms with van der Waals surface area (Å²) in [5.41, 5.74) is -0.496. The number of rotatable bonds is 10. The lowest BCUT2D eigenvalue weighted by Gasteiger charge is -2.32. The van der Waals surface area contributed by atoms with Gasteiger partial charge in [-0.05, 0) is 49.2 Å². The lowest BCUT2D eigenvalue weighted by atomic mass is 10.1. The van der Waals surface area contributed by atoms with Crippen molar-refractivity contribution in [2.45, 2.75) is 30.5 Å². The number of carbonyl (C=O) groups is 2. The molecular formula is C27H28F3N3O4S. The monoisotopic (exact) mass is 547 g/mol. The van der Waals surface area contributed by atoms with Crippen LogP contribution < -0.4 is 9.62 Å². The molecule has 3 aromatic carbocycles. The molecule has 7 nitrogen and oxygen atoms in total. The highest BCUT2D eigenvalue weighted by atomic mass is 32.2. The van der Waals surface area contributed by atoms with Gasteiger partial charge in [-0.2, -0.15) is 13.2 Å². The van der Waals surface area contributed by atoms with E-state index in [9.17, 15) is 31.2 Å². The molecule has 0 saturated carbocycles. The molecule has 0 aromatic heterocycles.